The first-order valence-corrected chi connectivity index (χ1v) is 10.5. The molecule has 4 rings (SSSR count). The molecule has 9 heteroatoms. The minimum atomic E-state index is -4.43. The predicted octanol–water partition coefficient (Wildman–Crippen LogP) is 4.98. The first-order valence-electron chi connectivity index (χ1n) is 10.5. The van der Waals surface area contributed by atoms with E-state index < -0.39 is 11.7 Å². The zero-order valence-electron chi connectivity index (χ0n) is 17.8. The van der Waals surface area contributed by atoms with Crippen LogP contribution in [0, 0.1) is 17.2 Å². The standard InChI is InChI=1S/C23H24F3N3O3/c1-14-3-5-17-10-19(31-21-7-6-18(30-2)9-15(21)12-27)11-20(14)29(17)32-22-8-4-16(13-28-22)23(24,25)26/h4,6-9,13-14,17,19-20H,3,5,10-11H2,1-2H3. The molecule has 2 aliphatic heterocycles. The van der Waals surface area contributed by atoms with Crippen LogP contribution in [0.3, 0.4) is 0 Å². The number of halogens is 3. The number of methoxy groups -OCH3 is 1. The Bertz CT molecular complexity index is 991. The minimum absolute atomic E-state index is 0.0281. The van der Waals surface area contributed by atoms with Crippen LogP contribution in [-0.2, 0) is 6.18 Å². The van der Waals surface area contributed by atoms with Gasteiger partial charge in [0.05, 0.1) is 24.3 Å². The molecule has 2 fully saturated rings. The van der Waals surface area contributed by atoms with E-state index in [9.17, 15) is 18.4 Å². The smallest absolute Gasteiger partial charge is 0.417 e. The number of piperidine rings is 2. The number of alkyl halides is 3. The summed E-state index contributed by atoms with van der Waals surface area (Å²) >= 11 is 0. The second-order valence-electron chi connectivity index (χ2n) is 8.30. The number of pyridine rings is 1. The molecule has 2 aliphatic rings. The molecule has 1 aromatic heterocycles. The summed E-state index contributed by atoms with van der Waals surface area (Å²) < 4.78 is 49.8. The fourth-order valence-electron chi connectivity index (χ4n) is 4.48. The molecule has 2 aromatic rings. The molecule has 6 nitrogen and oxygen atoms in total. The zero-order chi connectivity index (χ0) is 22.9. The van der Waals surface area contributed by atoms with Gasteiger partial charge in [-0.3, -0.25) is 0 Å². The molecule has 32 heavy (non-hydrogen) atoms. The van der Waals surface area contributed by atoms with Crippen molar-refractivity contribution < 1.29 is 27.5 Å². The van der Waals surface area contributed by atoms with Crippen LogP contribution < -0.4 is 14.3 Å². The van der Waals surface area contributed by atoms with Crippen molar-refractivity contribution in [2.45, 2.75) is 57.0 Å². The van der Waals surface area contributed by atoms with Crippen LogP contribution in [0.25, 0.3) is 0 Å². The zero-order valence-corrected chi connectivity index (χ0v) is 17.8. The van der Waals surface area contributed by atoms with Gasteiger partial charge in [-0.05, 0) is 37.0 Å². The van der Waals surface area contributed by atoms with Crippen molar-refractivity contribution in [3.63, 3.8) is 0 Å². The van der Waals surface area contributed by atoms with Crippen LogP contribution in [0.2, 0.25) is 0 Å². The highest BCUT2D eigenvalue weighted by molar-refractivity contribution is 5.47. The number of fused-ring (bicyclic) bond motifs is 2. The van der Waals surface area contributed by atoms with Gasteiger partial charge in [0.1, 0.15) is 23.7 Å². The van der Waals surface area contributed by atoms with E-state index in [1.165, 1.54) is 6.07 Å². The van der Waals surface area contributed by atoms with Gasteiger partial charge in [0.15, 0.2) is 0 Å². The van der Waals surface area contributed by atoms with Gasteiger partial charge in [0, 0.05) is 37.2 Å². The Balaban J connectivity index is 1.48. The number of nitrogens with zero attached hydrogens (tertiary/aromatic N) is 3. The minimum Gasteiger partial charge on any atom is -0.497 e. The molecular weight excluding hydrogens is 423 g/mol. The Morgan fingerprint density at radius 1 is 1.16 bits per heavy atom. The van der Waals surface area contributed by atoms with Gasteiger partial charge in [0.2, 0.25) is 5.88 Å². The summed E-state index contributed by atoms with van der Waals surface area (Å²) in [6.45, 7) is 2.13. The van der Waals surface area contributed by atoms with Crippen molar-refractivity contribution in [2.75, 3.05) is 7.11 Å². The number of hydrogen-bond acceptors (Lipinski definition) is 6. The summed E-state index contributed by atoms with van der Waals surface area (Å²) in [4.78, 5) is 9.82. The first-order chi connectivity index (χ1) is 15.3. The molecule has 0 amide bonds. The topological polar surface area (TPSA) is 67.6 Å². The summed E-state index contributed by atoms with van der Waals surface area (Å²) in [5, 5.41) is 11.3. The lowest BCUT2D eigenvalue weighted by atomic mass is 9.78. The molecule has 0 aliphatic carbocycles. The maximum atomic E-state index is 12.8. The first kappa shape index (κ1) is 22.2. The molecule has 0 saturated carbocycles. The van der Waals surface area contributed by atoms with Gasteiger partial charge in [-0.1, -0.05) is 6.92 Å². The van der Waals surface area contributed by atoms with Crippen LogP contribution >= 0.6 is 0 Å². The normalized spacial score (nSPS) is 25.6. The molecule has 0 radical (unpaired) electrons. The summed E-state index contributed by atoms with van der Waals surface area (Å²) in [5.41, 5.74) is -0.395. The quantitative estimate of drug-likeness (QED) is 0.644. The predicted molar refractivity (Wildman–Crippen MR) is 109 cm³/mol. The Labute approximate surface area is 184 Å². The van der Waals surface area contributed by atoms with Crippen molar-refractivity contribution in [2.24, 2.45) is 5.92 Å². The number of aromatic nitrogens is 1. The maximum Gasteiger partial charge on any atom is 0.417 e. The molecule has 4 atom stereocenters. The van der Waals surface area contributed by atoms with E-state index in [1.807, 2.05) is 5.06 Å². The number of ether oxygens (including phenoxy) is 2. The monoisotopic (exact) mass is 447 g/mol. The summed E-state index contributed by atoms with van der Waals surface area (Å²) in [7, 11) is 1.54. The molecule has 2 saturated heterocycles. The SMILES string of the molecule is COc1ccc(OC2CC3CCC(C)C(C2)N3Oc2ccc(C(F)(F)F)cn2)c(C#N)c1. The van der Waals surface area contributed by atoms with Gasteiger partial charge < -0.3 is 14.3 Å². The van der Waals surface area contributed by atoms with Crippen LogP contribution in [0.5, 0.6) is 17.4 Å². The van der Waals surface area contributed by atoms with E-state index in [0.29, 0.717) is 35.8 Å². The Hall–Kier alpha value is -2.99. The third-order valence-electron chi connectivity index (χ3n) is 6.20. The van der Waals surface area contributed by atoms with Gasteiger partial charge >= 0.3 is 6.18 Å². The van der Waals surface area contributed by atoms with Gasteiger partial charge in [-0.2, -0.15) is 18.4 Å². The molecule has 4 unspecified atom stereocenters. The third kappa shape index (κ3) is 4.60. The number of rotatable bonds is 5. The largest absolute Gasteiger partial charge is 0.497 e. The van der Waals surface area contributed by atoms with Gasteiger partial charge in [0.25, 0.3) is 0 Å². The van der Waals surface area contributed by atoms with E-state index in [4.69, 9.17) is 14.3 Å². The lowest BCUT2D eigenvalue weighted by Gasteiger charge is -2.49. The van der Waals surface area contributed by atoms with E-state index in [-0.39, 0.29) is 24.1 Å². The van der Waals surface area contributed by atoms with Crippen molar-refractivity contribution in [1.82, 2.24) is 10.0 Å². The van der Waals surface area contributed by atoms with Crippen LogP contribution in [0.4, 0.5) is 13.2 Å². The second kappa shape index (κ2) is 8.87. The molecule has 2 bridgehead atoms. The fourth-order valence-corrected chi connectivity index (χ4v) is 4.48. The highest BCUT2D eigenvalue weighted by Gasteiger charge is 2.44. The number of hydrogen-bond donors (Lipinski definition) is 0. The van der Waals surface area contributed by atoms with E-state index in [1.54, 1.807) is 25.3 Å². The summed E-state index contributed by atoms with van der Waals surface area (Å²) in [6.07, 6.45) is -0.474. The molecule has 0 N–H and O–H groups in total. The average molecular weight is 447 g/mol. The summed E-state index contributed by atoms with van der Waals surface area (Å²) in [6, 6.07) is 9.59. The average Bonchev–Trinajstić information content (AvgIpc) is 2.77. The molecule has 1 aromatic carbocycles. The van der Waals surface area contributed by atoms with Crippen molar-refractivity contribution in [3.8, 4) is 23.4 Å². The lowest BCUT2D eigenvalue weighted by molar-refractivity contribution is -0.199. The number of hydroxylamine groups is 2. The number of nitriles is 1. The second-order valence-corrected chi connectivity index (χ2v) is 8.30. The Morgan fingerprint density at radius 2 is 1.97 bits per heavy atom. The third-order valence-corrected chi connectivity index (χ3v) is 6.20. The summed E-state index contributed by atoms with van der Waals surface area (Å²) in [5.74, 6) is 1.57. The maximum absolute atomic E-state index is 12.8. The fraction of sp³-hybridized carbons (Fsp3) is 0.478. The van der Waals surface area contributed by atoms with Crippen molar-refractivity contribution >= 4 is 0 Å². The van der Waals surface area contributed by atoms with Gasteiger partial charge in [-0.15, -0.1) is 5.06 Å². The van der Waals surface area contributed by atoms with Crippen molar-refractivity contribution in [1.29, 1.82) is 5.26 Å². The van der Waals surface area contributed by atoms with Crippen LogP contribution in [0.15, 0.2) is 36.5 Å². The Kier molecular flexibility index (Phi) is 6.15. The highest BCUT2D eigenvalue weighted by Crippen LogP contribution is 2.40. The number of benzene rings is 1. The molecule has 170 valence electrons. The highest BCUT2D eigenvalue weighted by atomic mass is 19.4. The van der Waals surface area contributed by atoms with Crippen LogP contribution in [-0.4, -0.2) is 35.3 Å². The lowest BCUT2D eigenvalue weighted by Crippen LogP contribution is -2.58. The Morgan fingerprint density at radius 3 is 2.62 bits per heavy atom. The molecular formula is C23H24F3N3O3. The van der Waals surface area contributed by atoms with Gasteiger partial charge in [-0.25, -0.2) is 4.98 Å². The molecule has 0 spiro atoms. The van der Waals surface area contributed by atoms with Crippen molar-refractivity contribution in [3.05, 3.63) is 47.7 Å². The van der Waals surface area contributed by atoms with E-state index in [2.05, 4.69) is 18.0 Å². The molecule has 3 heterocycles. The van der Waals surface area contributed by atoms with E-state index in [0.717, 1.165) is 25.1 Å². The van der Waals surface area contributed by atoms with Crippen LogP contribution in [0.1, 0.15) is 43.7 Å². The van der Waals surface area contributed by atoms with E-state index >= 15 is 0 Å².